The van der Waals surface area contributed by atoms with Gasteiger partial charge < -0.3 is 19.1 Å². The molecule has 0 radical (unpaired) electrons. The van der Waals surface area contributed by atoms with Crippen molar-refractivity contribution in [1.29, 1.82) is 0 Å². The fourth-order valence-corrected chi connectivity index (χ4v) is 3.02. The Morgan fingerprint density at radius 2 is 2.11 bits per heavy atom. The van der Waals surface area contributed by atoms with E-state index in [4.69, 9.17) is 14.2 Å². The van der Waals surface area contributed by atoms with Crippen molar-refractivity contribution in [1.82, 2.24) is 4.90 Å². The summed E-state index contributed by atoms with van der Waals surface area (Å²) in [4.78, 5) is 2.15. The Balaban J connectivity index is 2.25. The van der Waals surface area contributed by atoms with Gasteiger partial charge in [-0.1, -0.05) is 0 Å². The number of likely N-dealkylation sites (N-methyl/N-ethyl adjacent to an activating group) is 1. The van der Waals surface area contributed by atoms with Crippen LogP contribution < -0.4 is 14.2 Å². The molecule has 0 aliphatic carbocycles. The summed E-state index contributed by atoms with van der Waals surface area (Å²) in [6.07, 6.45) is 5.06. The van der Waals surface area contributed by atoms with Crippen molar-refractivity contribution in [2.75, 3.05) is 27.5 Å². The number of hydrogen-bond acceptors (Lipinski definition) is 4. The monoisotopic (exact) mass is 311 g/mol. The van der Waals surface area contributed by atoms with E-state index in [0.29, 0.717) is 5.75 Å². The second-order valence-electron chi connectivity index (χ2n) is 4.35. The quantitative estimate of drug-likeness (QED) is 0.798. The first kappa shape index (κ1) is 11.7. The smallest absolute Gasteiger partial charge is 0.231 e. The van der Waals surface area contributed by atoms with E-state index < -0.39 is 0 Å². The first-order valence-corrected chi connectivity index (χ1v) is 6.58. The molecule has 0 unspecified atom stereocenters. The summed E-state index contributed by atoms with van der Waals surface area (Å²) in [6, 6.07) is 0. The molecule has 2 aliphatic heterocycles. The van der Waals surface area contributed by atoms with Crippen LogP contribution in [0.3, 0.4) is 0 Å². The van der Waals surface area contributed by atoms with Gasteiger partial charge in [-0.05, 0) is 40.2 Å². The minimum Gasteiger partial charge on any atom is -0.492 e. The average Bonchev–Trinajstić information content (AvgIpc) is 2.76. The lowest BCUT2D eigenvalue weighted by Gasteiger charge is -2.15. The van der Waals surface area contributed by atoms with Crippen molar-refractivity contribution in [3.8, 4) is 17.2 Å². The van der Waals surface area contributed by atoms with Crippen LogP contribution in [-0.4, -0.2) is 32.4 Å². The van der Waals surface area contributed by atoms with Gasteiger partial charge >= 0.3 is 0 Å². The fourth-order valence-electron chi connectivity index (χ4n) is 2.31. The van der Waals surface area contributed by atoms with E-state index >= 15 is 0 Å². The van der Waals surface area contributed by atoms with Crippen LogP contribution in [0.1, 0.15) is 11.1 Å². The van der Waals surface area contributed by atoms with E-state index in [0.717, 1.165) is 34.5 Å². The molecule has 0 saturated carbocycles. The molecular weight excluding hydrogens is 298 g/mol. The van der Waals surface area contributed by atoms with Crippen LogP contribution in [0.5, 0.6) is 17.2 Å². The predicted molar refractivity (Wildman–Crippen MR) is 72.2 cm³/mol. The van der Waals surface area contributed by atoms with E-state index in [1.165, 1.54) is 5.56 Å². The number of hydrogen-bond donors (Lipinski definition) is 0. The molecule has 0 amide bonds. The summed E-state index contributed by atoms with van der Waals surface area (Å²) >= 11 is 3.62. The molecule has 0 fully saturated rings. The normalized spacial score (nSPS) is 16.5. The molecule has 0 bridgehead atoms. The van der Waals surface area contributed by atoms with Gasteiger partial charge in [0.2, 0.25) is 12.5 Å². The predicted octanol–water partition coefficient (Wildman–Crippen LogP) is 2.65. The Labute approximate surface area is 114 Å². The molecule has 18 heavy (non-hydrogen) atoms. The van der Waals surface area contributed by atoms with Gasteiger partial charge in [0.05, 0.1) is 11.6 Å². The van der Waals surface area contributed by atoms with Crippen LogP contribution in [0.25, 0.3) is 6.08 Å². The van der Waals surface area contributed by atoms with E-state index in [-0.39, 0.29) is 6.79 Å². The third kappa shape index (κ3) is 1.65. The van der Waals surface area contributed by atoms with Crippen molar-refractivity contribution in [2.24, 2.45) is 0 Å². The largest absolute Gasteiger partial charge is 0.492 e. The van der Waals surface area contributed by atoms with Gasteiger partial charge in [0, 0.05) is 19.2 Å². The number of fused-ring (bicyclic) bond motifs is 2. The van der Waals surface area contributed by atoms with Crippen molar-refractivity contribution >= 4 is 22.0 Å². The topological polar surface area (TPSA) is 30.9 Å². The first-order chi connectivity index (χ1) is 8.72. The highest BCUT2D eigenvalue weighted by Gasteiger charge is 2.29. The number of halogens is 1. The lowest BCUT2D eigenvalue weighted by molar-refractivity contribution is 0.170. The van der Waals surface area contributed by atoms with Gasteiger partial charge in [-0.3, -0.25) is 0 Å². The number of ether oxygens (including phenoxy) is 3. The molecule has 3 rings (SSSR count). The SMILES string of the molecule is COc1c2c(c(Br)c3c1OCO3)CCN(C)C=C2. The first-order valence-electron chi connectivity index (χ1n) is 5.78. The maximum Gasteiger partial charge on any atom is 0.231 e. The Hall–Kier alpha value is -1.36. The van der Waals surface area contributed by atoms with Crippen LogP contribution in [-0.2, 0) is 6.42 Å². The summed E-state index contributed by atoms with van der Waals surface area (Å²) in [7, 11) is 3.72. The van der Waals surface area contributed by atoms with E-state index in [1.807, 2.05) is 0 Å². The third-order valence-electron chi connectivity index (χ3n) is 3.27. The van der Waals surface area contributed by atoms with Crippen LogP contribution in [0.2, 0.25) is 0 Å². The van der Waals surface area contributed by atoms with Crippen molar-refractivity contribution in [3.05, 3.63) is 21.8 Å². The fraction of sp³-hybridized carbons (Fsp3) is 0.385. The van der Waals surface area contributed by atoms with Gasteiger partial charge in [-0.25, -0.2) is 0 Å². The lowest BCUT2D eigenvalue weighted by Crippen LogP contribution is -2.12. The van der Waals surface area contributed by atoms with Crippen LogP contribution in [0, 0.1) is 0 Å². The standard InChI is InChI=1S/C13H14BrNO3/c1-15-5-3-8-9(4-6-15)11(16-2)13-12(10(8)14)17-7-18-13/h4,6H,3,5,7H2,1-2H3. The molecular formula is C13H14BrNO3. The maximum atomic E-state index is 5.52. The second-order valence-corrected chi connectivity index (χ2v) is 5.14. The molecule has 2 aliphatic rings. The van der Waals surface area contributed by atoms with E-state index in [9.17, 15) is 0 Å². The van der Waals surface area contributed by atoms with E-state index in [2.05, 4.69) is 40.2 Å². The number of benzene rings is 1. The summed E-state index contributed by atoms with van der Waals surface area (Å²) < 4.78 is 17.5. The van der Waals surface area contributed by atoms with Crippen molar-refractivity contribution in [2.45, 2.75) is 6.42 Å². The molecule has 1 aromatic carbocycles. The number of methoxy groups -OCH3 is 1. The Bertz CT molecular complexity index is 528. The summed E-state index contributed by atoms with van der Waals surface area (Å²) in [5, 5.41) is 0. The number of nitrogens with zero attached hydrogens (tertiary/aromatic N) is 1. The molecule has 5 heteroatoms. The van der Waals surface area contributed by atoms with Gasteiger partial charge in [0.1, 0.15) is 0 Å². The van der Waals surface area contributed by atoms with Crippen molar-refractivity contribution < 1.29 is 14.2 Å². The summed E-state index contributed by atoms with van der Waals surface area (Å²) in [6.45, 7) is 1.21. The van der Waals surface area contributed by atoms with Crippen molar-refractivity contribution in [3.63, 3.8) is 0 Å². The highest BCUT2D eigenvalue weighted by Crippen LogP contribution is 2.51. The molecule has 0 N–H and O–H groups in total. The molecule has 4 nitrogen and oxygen atoms in total. The minimum absolute atomic E-state index is 0.247. The zero-order valence-corrected chi connectivity index (χ0v) is 11.9. The van der Waals surface area contributed by atoms with Gasteiger partial charge in [-0.15, -0.1) is 0 Å². The molecule has 1 aromatic rings. The zero-order chi connectivity index (χ0) is 12.7. The third-order valence-corrected chi connectivity index (χ3v) is 4.11. The Kier molecular flexibility index (Phi) is 2.86. The molecule has 0 aromatic heterocycles. The van der Waals surface area contributed by atoms with Gasteiger partial charge in [-0.2, -0.15) is 0 Å². The summed E-state index contributed by atoms with van der Waals surface area (Å²) in [5.74, 6) is 2.20. The Morgan fingerprint density at radius 1 is 1.33 bits per heavy atom. The van der Waals surface area contributed by atoms with E-state index in [1.54, 1.807) is 7.11 Å². The highest BCUT2D eigenvalue weighted by molar-refractivity contribution is 9.10. The second kappa shape index (κ2) is 4.39. The van der Waals surface area contributed by atoms with Gasteiger partial charge in [0.15, 0.2) is 11.5 Å². The minimum atomic E-state index is 0.247. The zero-order valence-electron chi connectivity index (χ0n) is 10.3. The van der Waals surface area contributed by atoms with Crippen LogP contribution in [0.15, 0.2) is 10.7 Å². The highest BCUT2D eigenvalue weighted by atomic mass is 79.9. The van der Waals surface area contributed by atoms with Crippen LogP contribution >= 0.6 is 15.9 Å². The number of rotatable bonds is 1. The Morgan fingerprint density at radius 3 is 2.89 bits per heavy atom. The van der Waals surface area contributed by atoms with Gasteiger partial charge in [0.25, 0.3) is 0 Å². The lowest BCUT2D eigenvalue weighted by atomic mass is 10.0. The van der Waals surface area contributed by atoms with Crippen LogP contribution in [0.4, 0.5) is 0 Å². The molecule has 0 atom stereocenters. The maximum absolute atomic E-state index is 5.52. The molecule has 2 heterocycles. The molecule has 0 spiro atoms. The molecule has 0 saturated heterocycles. The summed E-state index contributed by atoms with van der Waals surface area (Å²) in [5.41, 5.74) is 2.27. The average molecular weight is 312 g/mol. The molecule has 96 valence electrons.